The molecule has 1 nitrogen and oxygen atoms in total. The Labute approximate surface area is 118 Å². The van der Waals surface area contributed by atoms with Crippen LogP contribution >= 0.6 is 23.2 Å². The van der Waals surface area contributed by atoms with E-state index >= 15 is 0 Å². The summed E-state index contributed by atoms with van der Waals surface area (Å²) in [6.45, 7) is 4.21. The third kappa shape index (κ3) is 3.17. The van der Waals surface area contributed by atoms with Gasteiger partial charge in [0.15, 0.2) is 0 Å². The lowest BCUT2D eigenvalue weighted by Crippen LogP contribution is -2.22. The second-order valence-electron chi connectivity index (χ2n) is 5.07. The molecular weight excluding hydrogens is 272 g/mol. The monoisotopic (exact) mass is 289 g/mol. The summed E-state index contributed by atoms with van der Waals surface area (Å²) in [4.78, 5) is 0. The smallest absolute Gasteiger partial charge is 0.142 e. The van der Waals surface area contributed by atoms with Crippen molar-refractivity contribution in [2.75, 3.05) is 0 Å². The molecule has 1 aliphatic rings. The lowest BCUT2D eigenvalue weighted by Gasteiger charge is -2.16. The Balaban J connectivity index is 2.01. The fourth-order valence-electron chi connectivity index (χ4n) is 2.42. The molecule has 0 saturated heterocycles. The van der Waals surface area contributed by atoms with Gasteiger partial charge in [0.2, 0.25) is 0 Å². The zero-order valence-electron chi connectivity index (χ0n) is 10.6. The predicted molar refractivity (Wildman–Crippen MR) is 74.8 cm³/mol. The highest BCUT2D eigenvalue weighted by Gasteiger charge is 2.36. The molecule has 1 aromatic rings. The number of hydrogen-bond donors (Lipinski definition) is 1. The van der Waals surface area contributed by atoms with E-state index in [0.717, 1.165) is 11.5 Å². The molecule has 0 amide bonds. The number of halogens is 3. The highest BCUT2D eigenvalue weighted by Crippen LogP contribution is 2.37. The number of rotatable bonds is 5. The number of hydrogen-bond acceptors (Lipinski definition) is 1. The normalized spacial score (nSPS) is 24.1. The average molecular weight is 290 g/mol. The van der Waals surface area contributed by atoms with Gasteiger partial charge in [-0.1, -0.05) is 36.5 Å². The molecule has 0 heterocycles. The van der Waals surface area contributed by atoms with Crippen LogP contribution in [0.1, 0.15) is 44.7 Å². The molecule has 0 aliphatic heterocycles. The second kappa shape index (κ2) is 5.77. The van der Waals surface area contributed by atoms with Crippen LogP contribution in [-0.2, 0) is 0 Å². The Morgan fingerprint density at radius 3 is 2.78 bits per heavy atom. The fraction of sp³-hybridized carbons (Fsp3) is 0.571. The van der Waals surface area contributed by atoms with Crippen LogP contribution in [0.15, 0.2) is 12.1 Å². The average Bonchev–Trinajstić information content (AvgIpc) is 3.02. The first kappa shape index (κ1) is 14.1. The van der Waals surface area contributed by atoms with Crippen LogP contribution in [0, 0.1) is 11.7 Å². The summed E-state index contributed by atoms with van der Waals surface area (Å²) in [5, 5.41) is 4.10. The maximum atomic E-state index is 13.5. The molecular formula is C14H18Cl2FN. The van der Waals surface area contributed by atoms with Gasteiger partial charge in [0.25, 0.3) is 0 Å². The third-order valence-electron chi connectivity index (χ3n) is 3.55. The van der Waals surface area contributed by atoms with Gasteiger partial charge in [0.1, 0.15) is 5.82 Å². The molecule has 0 spiro atoms. The van der Waals surface area contributed by atoms with Gasteiger partial charge in [0, 0.05) is 17.1 Å². The first-order valence-electron chi connectivity index (χ1n) is 6.43. The Kier molecular flexibility index (Phi) is 4.52. The SMILES string of the molecule is CCCC1CC1NC(C)c1cc(F)c(Cl)cc1Cl. The molecule has 1 N–H and O–H groups in total. The van der Waals surface area contributed by atoms with Gasteiger partial charge < -0.3 is 5.32 Å². The lowest BCUT2D eigenvalue weighted by molar-refractivity contribution is 0.526. The third-order valence-corrected chi connectivity index (χ3v) is 4.17. The standard InChI is InChI=1S/C14H18Cl2FN/c1-3-4-9-5-14(9)18-8(2)10-6-13(17)12(16)7-11(10)15/h6-9,14,18H,3-5H2,1-2H3. The molecule has 1 fully saturated rings. The van der Waals surface area contributed by atoms with E-state index in [2.05, 4.69) is 12.2 Å². The van der Waals surface area contributed by atoms with Crippen molar-refractivity contribution in [3.63, 3.8) is 0 Å². The van der Waals surface area contributed by atoms with Gasteiger partial charge in [-0.05, 0) is 43.4 Å². The number of benzene rings is 1. The van der Waals surface area contributed by atoms with E-state index in [1.165, 1.54) is 31.4 Å². The van der Waals surface area contributed by atoms with Crippen molar-refractivity contribution in [3.8, 4) is 0 Å². The van der Waals surface area contributed by atoms with E-state index in [4.69, 9.17) is 23.2 Å². The van der Waals surface area contributed by atoms with Crippen LogP contribution in [0.2, 0.25) is 10.0 Å². The van der Waals surface area contributed by atoms with Gasteiger partial charge in [-0.2, -0.15) is 0 Å². The summed E-state index contributed by atoms with van der Waals surface area (Å²) in [6.07, 6.45) is 3.69. The zero-order chi connectivity index (χ0) is 13.3. The molecule has 4 heteroatoms. The van der Waals surface area contributed by atoms with E-state index in [0.29, 0.717) is 11.1 Å². The minimum Gasteiger partial charge on any atom is -0.307 e. The van der Waals surface area contributed by atoms with Gasteiger partial charge >= 0.3 is 0 Å². The Morgan fingerprint density at radius 1 is 1.39 bits per heavy atom. The summed E-state index contributed by atoms with van der Waals surface area (Å²) >= 11 is 11.8. The molecule has 3 unspecified atom stereocenters. The van der Waals surface area contributed by atoms with Crippen molar-refractivity contribution in [2.45, 2.75) is 45.2 Å². The zero-order valence-corrected chi connectivity index (χ0v) is 12.2. The topological polar surface area (TPSA) is 12.0 Å². The highest BCUT2D eigenvalue weighted by molar-refractivity contribution is 6.35. The van der Waals surface area contributed by atoms with Crippen molar-refractivity contribution in [3.05, 3.63) is 33.6 Å². The summed E-state index contributed by atoms with van der Waals surface area (Å²) in [5.74, 6) is 0.360. The van der Waals surface area contributed by atoms with Crippen molar-refractivity contribution in [1.82, 2.24) is 5.32 Å². The van der Waals surface area contributed by atoms with Gasteiger partial charge in [-0.3, -0.25) is 0 Å². The molecule has 0 radical (unpaired) electrons. The van der Waals surface area contributed by atoms with Crippen LogP contribution in [-0.4, -0.2) is 6.04 Å². The molecule has 18 heavy (non-hydrogen) atoms. The first-order valence-corrected chi connectivity index (χ1v) is 7.19. The summed E-state index contributed by atoms with van der Waals surface area (Å²) in [5.41, 5.74) is 0.778. The minimum atomic E-state index is -0.411. The Bertz CT molecular complexity index is 436. The molecule has 0 aromatic heterocycles. The molecule has 1 aromatic carbocycles. The van der Waals surface area contributed by atoms with E-state index < -0.39 is 5.82 Å². The maximum Gasteiger partial charge on any atom is 0.142 e. The summed E-state index contributed by atoms with van der Waals surface area (Å²) in [7, 11) is 0. The largest absolute Gasteiger partial charge is 0.307 e. The summed E-state index contributed by atoms with van der Waals surface area (Å²) in [6, 6.07) is 3.51. The van der Waals surface area contributed by atoms with E-state index in [1.54, 1.807) is 0 Å². The number of nitrogens with one attached hydrogen (secondary N) is 1. The molecule has 1 aliphatic carbocycles. The van der Waals surface area contributed by atoms with E-state index in [9.17, 15) is 4.39 Å². The van der Waals surface area contributed by atoms with Crippen LogP contribution in [0.5, 0.6) is 0 Å². The molecule has 0 bridgehead atoms. The molecule has 1 saturated carbocycles. The predicted octanol–water partition coefficient (Wildman–Crippen LogP) is 4.97. The molecule has 100 valence electrons. The van der Waals surface area contributed by atoms with Crippen LogP contribution in [0.4, 0.5) is 4.39 Å². The van der Waals surface area contributed by atoms with Crippen molar-refractivity contribution in [2.24, 2.45) is 5.92 Å². The molecule has 3 atom stereocenters. The van der Waals surface area contributed by atoms with E-state index in [1.807, 2.05) is 6.92 Å². The van der Waals surface area contributed by atoms with Crippen LogP contribution in [0.3, 0.4) is 0 Å². The fourth-order valence-corrected chi connectivity index (χ4v) is 2.97. The van der Waals surface area contributed by atoms with Gasteiger partial charge in [-0.25, -0.2) is 4.39 Å². The van der Waals surface area contributed by atoms with Crippen molar-refractivity contribution in [1.29, 1.82) is 0 Å². The Morgan fingerprint density at radius 2 is 2.11 bits per heavy atom. The molecule has 2 rings (SSSR count). The van der Waals surface area contributed by atoms with Crippen molar-refractivity contribution >= 4 is 23.2 Å². The second-order valence-corrected chi connectivity index (χ2v) is 5.88. The van der Waals surface area contributed by atoms with Crippen molar-refractivity contribution < 1.29 is 4.39 Å². The highest BCUT2D eigenvalue weighted by atomic mass is 35.5. The Hall–Kier alpha value is -0.310. The quantitative estimate of drug-likeness (QED) is 0.755. The first-order chi connectivity index (χ1) is 8.52. The summed E-state index contributed by atoms with van der Waals surface area (Å²) < 4.78 is 13.5. The van der Waals surface area contributed by atoms with Crippen LogP contribution in [0.25, 0.3) is 0 Å². The minimum absolute atomic E-state index is 0.0520. The maximum absolute atomic E-state index is 13.5. The van der Waals surface area contributed by atoms with Gasteiger partial charge in [0.05, 0.1) is 5.02 Å². The van der Waals surface area contributed by atoms with E-state index in [-0.39, 0.29) is 11.1 Å². The van der Waals surface area contributed by atoms with Gasteiger partial charge in [-0.15, -0.1) is 0 Å². The lowest BCUT2D eigenvalue weighted by atomic mass is 10.1. The van der Waals surface area contributed by atoms with Crippen LogP contribution < -0.4 is 5.32 Å².